The van der Waals surface area contributed by atoms with E-state index in [4.69, 9.17) is 4.74 Å². The summed E-state index contributed by atoms with van der Waals surface area (Å²) in [4.78, 5) is 17.5. The molecule has 1 unspecified atom stereocenters. The van der Waals surface area contributed by atoms with Gasteiger partial charge >= 0.3 is 0 Å². The van der Waals surface area contributed by atoms with Crippen LogP contribution in [0.5, 0.6) is 0 Å². The molecule has 4 nitrogen and oxygen atoms in total. The van der Waals surface area contributed by atoms with Gasteiger partial charge in [0, 0.05) is 45.3 Å². The van der Waals surface area contributed by atoms with Crippen molar-refractivity contribution in [3.05, 3.63) is 59.2 Å². The van der Waals surface area contributed by atoms with E-state index in [1.807, 2.05) is 0 Å². The van der Waals surface area contributed by atoms with Crippen LogP contribution in [0.1, 0.15) is 55.7 Å². The van der Waals surface area contributed by atoms with E-state index in [0.29, 0.717) is 18.2 Å². The van der Waals surface area contributed by atoms with E-state index < -0.39 is 0 Å². The van der Waals surface area contributed by atoms with Crippen molar-refractivity contribution < 1.29 is 9.53 Å². The average Bonchev–Trinajstić information content (AvgIpc) is 3.27. The van der Waals surface area contributed by atoms with Crippen molar-refractivity contribution in [1.82, 2.24) is 9.80 Å². The van der Waals surface area contributed by atoms with Gasteiger partial charge in [0.15, 0.2) is 0 Å². The zero-order valence-corrected chi connectivity index (χ0v) is 20.1. The van der Waals surface area contributed by atoms with Gasteiger partial charge in [-0.05, 0) is 85.7 Å². The van der Waals surface area contributed by atoms with Gasteiger partial charge in [0.05, 0.1) is 0 Å². The van der Waals surface area contributed by atoms with Crippen LogP contribution in [-0.2, 0) is 28.9 Å². The molecular weight excluding hydrogens is 408 g/mol. The van der Waals surface area contributed by atoms with Crippen LogP contribution in [0.15, 0.2) is 42.5 Å². The summed E-state index contributed by atoms with van der Waals surface area (Å²) in [6, 6.07) is 16.7. The molecule has 2 fully saturated rings. The fourth-order valence-corrected chi connectivity index (χ4v) is 5.73. The lowest BCUT2D eigenvalue weighted by Crippen LogP contribution is -2.37. The van der Waals surface area contributed by atoms with Crippen molar-refractivity contribution in [3.63, 3.8) is 0 Å². The molecule has 0 aromatic heterocycles. The number of fused-ring (bicyclic) bond motifs is 1. The van der Waals surface area contributed by atoms with E-state index in [9.17, 15) is 4.79 Å². The van der Waals surface area contributed by atoms with Crippen molar-refractivity contribution in [2.75, 3.05) is 32.8 Å². The van der Waals surface area contributed by atoms with Crippen LogP contribution in [0.2, 0.25) is 0 Å². The van der Waals surface area contributed by atoms with Gasteiger partial charge in [-0.15, -0.1) is 0 Å². The summed E-state index contributed by atoms with van der Waals surface area (Å²) in [5.74, 6) is 0.812. The minimum absolute atomic E-state index is 0.315. The van der Waals surface area contributed by atoms with Crippen LogP contribution < -0.4 is 0 Å². The first kappa shape index (κ1) is 22.6. The van der Waals surface area contributed by atoms with E-state index in [2.05, 4.69) is 59.2 Å². The van der Waals surface area contributed by atoms with E-state index >= 15 is 0 Å². The predicted octanol–water partition coefficient (Wildman–Crippen LogP) is 5.08. The summed E-state index contributed by atoms with van der Waals surface area (Å²) >= 11 is 0. The minimum atomic E-state index is 0.315. The summed E-state index contributed by atoms with van der Waals surface area (Å²) in [5.41, 5.74) is 6.70. The number of hydrogen-bond acceptors (Lipinski definition) is 3. The maximum absolute atomic E-state index is 12.8. The molecule has 0 bridgehead atoms. The molecule has 176 valence electrons. The van der Waals surface area contributed by atoms with E-state index in [1.54, 1.807) is 0 Å². The monoisotopic (exact) mass is 446 g/mol. The Bertz CT molecular complexity index is 949. The van der Waals surface area contributed by atoms with Crippen molar-refractivity contribution >= 4 is 5.91 Å². The van der Waals surface area contributed by atoms with E-state index in [-0.39, 0.29) is 0 Å². The summed E-state index contributed by atoms with van der Waals surface area (Å²) in [5, 5.41) is 0. The second kappa shape index (κ2) is 10.4. The number of carbonyl (C=O) groups excluding carboxylic acids is 1. The maximum Gasteiger partial charge on any atom is 0.223 e. The molecule has 0 aliphatic carbocycles. The van der Waals surface area contributed by atoms with Crippen LogP contribution in [0.4, 0.5) is 0 Å². The largest absolute Gasteiger partial charge is 0.381 e. The van der Waals surface area contributed by atoms with E-state index in [1.165, 1.54) is 53.7 Å². The first-order chi connectivity index (χ1) is 16.2. The van der Waals surface area contributed by atoms with Gasteiger partial charge in [-0.25, -0.2) is 0 Å². The molecule has 1 atom stereocenters. The number of rotatable bonds is 6. The van der Waals surface area contributed by atoms with Crippen molar-refractivity contribution in [2.24, 2.45) is 5.92 Å². The first-order valence-corrected chi connectivity index (χ1v) is 13.0. The highest BCUT2D eigenvalue weighted by atomic mass is 16.5. The molecule has 3 aliphatic heterocycles. The highest BCUT2D eigenvalue weighted by molar-refractivity contribution is 5.77. The lowest BCUT2D eigenvalue weighted by molar-refractivity contribution is -0.133. The summed E-state index contributed by atoms with van der Waals surface area (Å²) < 4.78 is 5.44. The van der Waals surface area contributed by atoms with Crippen molar-refractivity contribution in [1.29, 1.82) is 0 Å². The quantitative estimate of drug-likeness (QED) is 0.620. The second-order valence-corrected chi connectivity index (χ2v) is 10.3. The lowest BCUT2D eigenvalue weighted by Gasteiger charge is -2.31. The number of nitrogens with zero attached hydrogens (tertiary/aromatic N) is 2. The molecule has 0 saturated carbocycles. The molecule has 2 aromatic carbocycles. The molecule has 2 saturated heterocycles. The summed E-state index contributed by atoms with van der Waals surface area (Å²) in [7, 11) is 0. The molecule has 0 radical (unpaired) electrons. The molecule has 3 heterocycles. The number of carbonyl (C=O) groups is 1. The topological polar surface area (TPSA) is 32.8 Å². The van der Waals surface area contributed by atoms with Crippen molar-refractivity contribution in [3.8, 4) is 11.1 Å². The molecule has 0 N–H and O–H groups in total. The number of benzene rings is 2. The lowest BCUT2D eigenvalue weighted by atomic mass is 9.92. The van der Waals surface area contributed by atoms with Crippen LogP contribution >= 0.6 is 0 Å². The van der Waals surface area contributed by atoms with Gasteiger partial charge in [-0.3, -0.25) is 4.79 Å². The SMILES string of the molecule is CC1CCCN1CCc1ccc(-c2ccc3c(c2)CCN(C(=O)CC2CCOCC2)C3)cc1. The Morgan fingerprint density at radius 3 is 2.52 bits per heavy atom. The van der Waals surface area contributed by atoms with Crippen molar-refractivity contribution in [2.45, 2.75) is 64.5 Å². The normalized spacial score (nSPS) is 21.8. The second-order valence-electron chi connectivity index (χ2n) is 10.3. The van der Waals surface area contributed by atoms with Gasteiger partial charge in [0.25, 0.3) is 0 Å². The van der Waals surface area contributed by atoms with Crippen LogP contribution in [0.3, 0.4) is 0 Å². The third kappa shape index (κ3) is 5.50. The standard InChI is InChI=1S/C29H38N2O2/c1-22-3-2-14-30(22)15-10-23-4-6-25(7-5-23)26-8-9-28-21-31(16-11-27(28)20-26)29(32)19-24-12-17-33-18-13-24/h4-9,20,22,24H,2-3,10-19,21H2,1H3. The van der Waals surface area contributed by atoms with Gasteiger partial charge < -0.3 is 14.5 Å². The maximum atomic E-state index is 12.8. The molecular formula is C29H38N2O2. The Labute approximate surface area is 198 Å². The Balaban J connectivity index is 1.18. The molecule has 1 amide bonds. The van der Waals surface area contributed by atoms with Crippen LogP contribution in [0, 0.1) is 5.92 Å². The number of ether oxygens (including phenoxy) is 1. The smallest absolute Gasteiger partial charge is 0.223 e. The molecule has 33 heavy (non-hydrogen) atoms. The predicted molar refractivity (Wildman–Crippen MR) is 133 cm³/mol. The zero-order chi connectivity index (χ0) is 22.6. The number of amides is 1. The third-order valence-electron chi connectivity index (χ3n) is 8.04. The summed E-state index contributed by atoms with van der Waals surface area (Å²) in [6.07, 6.45) is 7.51. The number of likely N-dealkylation sites (tertiary alicyclic amines) is 1. The first-order valence-electron chi connectivity index (χ1n) is 13.0. The zero-order valence-electron chi connectivity index (χ0n) is 20.1. The van der Waals surface area contributed by atoms with Gasteiger partial charge in [0.2, 0.25) is 5.91 Å². The van der Waals surface area contributed by atoms with Crippen LogP contribution in [0.25, 0.3) is 11.1 Å². The Morgan fingerprint density at radius 1 is 0.970 bits per heavy atom. The van der Waals surface area contributed by atoms with E-state index in [0.717, 1.165) is 58.0 Å². The fourth-order valence-electron chi connectivity index (χ4n) is 5.73. The van der Waals surface area contributed by atoms with Gasteiger partial charge in [-0.2, -0.15) is 0 Å². The molecule has 5 rings (SSSR count). The molecule has 3 aliphatic rings. The highest BCUT2D eigenvalue weighted by Gasteiger charge is 2.25. The molecule has 4 heteroatoms. The third-order valence-corrected chi connectivity index (χ3v) is 8.04. The molecule has 2 aromatic rings. The summed E-state index contributed by atoms with van der Waals surface area (Å²) in [6.45, 7) is 7.99. The van der Waals surface area contributed by atoms with Gasteiger partial charge in [0.1, 0.15) is 0 Å². The highest BCUT2D eigenvalue weighted by Crippen LogP contribution is 2.28. The van der Waals surface area contributed by atoms with Gasteiger partial charge in [-0.1, -0.05) is 42.5 Å². The average molecular weight is 447 g/mol. The number of hydrogen-bond donors (Lipinski definition) is 0. The Hall–Kier alpha value is -2.17. The minimum Gasteiger partial charge on any atom is -0.381 e. The van der Waals surface area contributed by atoms with Crippen LogP contribution in [-0.4, -0.2) is 54.6 Å². The Kier molecular flexibility index (Phi) is 7.13. The fraction of sp³-hybridized carbons (Fsp3) is 0.552. The Morgan fingerprint density at radius 2 is 1.76 bits per heavy atom. The molecule has 0 spiro atoms.